The highest BCUT2D eigenvalue weighted by molar-refractivity contribution is 5.92. The van der Waals surface area contributed by atoms with Gasteiger partial charge in [0.25, 0.3) is 0 Å². The van der Waals surface area contributed by atoms with Crippen molar-refractivity contribution in [3.63, 3.8) is 0 Å². The highest BCUT2D eigenvalue weighted by Crippen LogP contribution is 2.22. The number of Topliss-reactive ketones (excluding diaryl/α,β-unsaturated/α-hetero) is 1. The van der Waals surface area contributed by atoms with Crippen LogP contribution in [-0.4, -0.2) is 53.8 Å². The van der Waals surface area contributed by atoms with E-state index in [1.807, 2.05) is 13.8 Å². The van der Waals surface area contributed by atoms with Crippen LogP contribution in [0.1, 0.15) is 101 Å². The van der Waals surface area contributed by atoms with Crippen LogP contribution < -0.4 is 21.1 Å². The van der Waals surface area contributed by atoms with Gasteiger partial charge in [0.05, 0.1) is 6.04 Å². The lowest BCUT2D eigenvalue weighted by atomic mass is 9.84. The molecule has 1 aromatic carbocycles. The molecule has 0 aliphatic heterocycles. The topological polar surface area (TPSA) is 167 Å². The Bertz CT molecular complexity index is 1240. The highest BCUT2D eigenvalue weighted by Gasteiger charge is 2.30. The fourth-order valence-corrected chi connectivity index (χ4v) is 4.85. The lowest BCUT2D eigenvalue weighted by Gasteiger charge is -2.25. The number of nitrogens with zero attached hydrogens (tertiary/aromatic N) is 1. The van der Waals surface area contributed by atoms with Gasteiger partial charge in [0.15, 0.2) is 5.78 Å². The third-order valence-electron chi connectivity index (χ3n) is 7.87. The number of aromatic nitrogens is 1. The van der Waals surface area contributed by atoms with Gasteiger partial charge in [-0.2, -0.15) is 0 Å². The summed E-state index contributed by atoms with van der Waals surface area (Å²) in [5, 5.41) is 5.88. The Kier molecular flexibility index (Phi) is 17.7. The first kappa shape index (κ1) is 37.9. The summed E-state index contributed by atoms with van der Waals surface area (Å²) in [5.41, 5.74) is 6.16. The summed E-state index contributed by atoms with van der Waals surface area (Å²) in [6.07, 6.45) is 7.90. The molecule has 4 N–H and O–H groups in total. The van der Waals surface area contributed by atoms with E-state index in [2.05, 4.69) is 22.5 Å². The number of pyridine rings is 1. The lowest BCUT2D eigenvalue weighted by Crippen LogP contribution is -2.45. The van der Waals surface area contributed by atoms with Gasteiger partial charge in [0.1, 0.15) is 11.4 Å². The normalized spacial score (nSPS) is 12.8. The van der Waals surface area contributed by atoms with E-state index in [1.54, 1.807) is 42.5 Å². The van der Waals surface area contributed by atoms with E-state index in [0.29, 0.717) is 38.0 Å². The van der Waals surface area contributed by atoms with Crippen LogP contribution in [0.3, 0.4) is 0 Å². The van der Waals surface area contributed by atoms with E-state index < -0.39 is 17.9 Å². The van der Waals surface area contributed by atoms with Gasteiger partial charge in [-0.3, -0.25) is 19.2 Å². The Balaban J connectivity index is 2.03. The molecule has 3 atom stereocenters. The zero-order valence-electron chi connectivity index (χ0n) is 27.4. The van der Waals surface area contributed by atoms with Crippen LogP contribution in [0.2, 0.25) is 0 Å². The fraction of sp³-hybridized carbons (Fsp3) is 0.543. The molecule has 0 aliphatic rings. The van der Waals surface area contributed by atoms with Gasteiger partial charge in [0, 0.05) is 37.9 Å². The second kappa shape index (κ2) is 21.5. The van der Waals surface area contributed by atoms with Gasteiger partial charge in [-0.25, -0.2) is 9.78 Å². The highest BCUT2D eigenvalue weighted by atomic mass is 16.7. The molecule has 3 amide bonds. The van der Waals surface area contributed by atoms with Crippen LogP contribution in [-0.2, 0) is 30.3 Å². The van der Waals surface area contributed by atoms with Crippen molar-refractivity contribution in [2.45, 2.75) is 97.4 Å². The number of ether oxygens (including phenoxy) is 2. The molecule has 3 unspecified atom stereocenters. The first-order chi connectivity index (χ1) is 22.1. The summed E-state index contributed by atoms with van der Waals surface area (Å²) in [5.74, 6) is -1.62. The molecular weight excluding hydrogens is 588 g/mol. The average Bonchev–Trinajstić information content (AvgIpc) is 3.05. The molecule has 1 heterocycles. The zero-order valence-corrected chi connectivity index (χ0v) is 27.4. The largest absolute Gasteiger partial charge is 0.457 e. The molecule has 0 fully saturated rings. The Morgan fingerprint density at radius 1 is 0.913 bits per heavy atom. The summed E-state index contributed by atoms with van der Waals surface area (Å²) >= 11 is 0. The molecule has 2 rings (SSSR count). The van der Waals surface area contributed by atoms with E-state index in [0.717, 1.165) is 37.7 Å². The SMILES string of the molecule is CCCCCC(=O)NC(Cc1ccc(OCOC(=O)c2ccccn2)cc1)C(=O)CC(C(=O)NCCCCCC(N)=O)C(C)CC. The van der Waals surface area contributed by atoms with Crippen molar-refractivity contribution in [3.8, 4) is 5.75 Å². The number of carbonyl (C=O) groups excluding carboxylic acids is 5. The lowest BCUT2D eigenvalue weighted by molar-refractivity contribution is -0.133. The molecule has 2 aromatic rings. The van der Waals surface area contributed by atoms with Crippen LogP contribution in [0.25, 0.3) is 0 Å². The molecule has 0 aliphatic carbocycles. The molecule has 0 spiro atoms. The standard InChI is InChI=1S/C35H50N4O7/c1-4-6-8-15-33(42)39-30(31(40)23-28(25(3)5-2)34(43)38-21-11-7-9-14-32(36)41)22-26-16-18-27(19-17-26)45-24-46-35(44)29-13-10-12-20-37-29/h10,12-13,16-20,25,28,30H,4-9,11,14-15,21-24H2,1-3H3,(H2,36,41)(H,38,43)(H,39,42). The Morgan fingerprint density at radius 2 is 1.65 bits per heavy atom. The number of primary amides is 1. The molecule has 0 bridgehead atoms. The number of esters is 1. The first-order valence-corrected chi connectivity index (χ1v) is 16.3. The Hall–Kier alpha value is -4.28. The van der Waals surface area contributed by atoms with E-state index in [9.17, 15) is 24.0 Å². The third kappa shape index (κ3) is 14.7. The molecule has 252 valence electrons. The van der Waals surface area contributed by atoms with Crippen molar-refractivity contribution in [2.75, 3.05) is 13.3 Å². The predicted molar refractivity (Wildman–Crippen MR) is 175 cm³/mol. The van der Waals surface area contributed by atoms with E-state index in [1.165, 1.54) is 6.20 Å². The number of rotatable bonds is 23. The second-order valence-corrected chi connectivity index (χ2v) is 11.6. The number of hydrogen-bond acceptors (Lipinski definition) is 8. The molecular formula is C35H50N4O7. The summed E-state index contributed by atoms with van der Waals surface area (Å²) in [4.78, 5) is 66.6. The Morgan fingerprint density at radius 3 is 2.30 bits per heavy atom. The Labute approximate surface area is 272 Å². The number of unbranched alkanes of at least 4 members (excludes halogenated alkanes) is 4. The minimum Gasteiger partial charge on any atom is -0.457 e. The van der Waals surface area contributed by atoms with E-state index in [-0.39, 0.29) is 54.8 Å². The maximum absolute atomic E-state index is 13.7. The number of hydrogen-bond donors (Lipinski definition) is 3. The minimum atomic E-state index is -0.798. The molecule has 1 aromatic heterocycles. The number of ketones is 1. The third-order valence-corrected chi connectivity index (χ3v) is 7.87. The molecule has 0 saturated heterocycles. The number of carbonyl (C=O) groups is 5. The molecule has 46 heavy (non-hydrogen) atoms. The van der Waals surface area contributed by atoms with E-state index in [4.69, 9.17) is 15.2 Å². The van der Waals surface area contributed by atoms with Gasteiger partial charge in [-0.1, -0.05) is 64.7 Å². The second-order valence-electron chi connectivity index (χ2n) is 11.6. The van der Waals surface area contributed by atoms with Crippen molar-refractivity contribution in [3.05, 3.63) is 59.9 Å². The summed E-state index contributed by atoms with van der Waals surface area (Å²) in [6, 6.07) is 11.1. The number of nitrogens with two attached hydrogens (primary N) is 1. The minimum absolute atomic E-state index is 0.00521. The van der Waals surface area contributed by atoms with Crippen molar-refractivity contribution in [2.24, 2.45) is 17.6 Å². The van der Waals surface area contributed by atoms with Gasteiger partial charge in [-0.05, 0) is 61.4 Å². The van der Waals surface area contributed by atoms with Crippen LogP contribution in [0, 0.1) is 11.8 Å². The van der Waals surface area contributed by atoms with Crippen molar-refractivity contribution in [1.29, 1.82) is 0 Å². The quantitative estimate of drug-likeness (QED) is 0.0897. The average molecular weight is 639 g/mol. The van der Waals surface area contributed by atoms with Gasteiger partial charge in [-0.15, -0.1) is 0 Å². The van der Waals surface area contributed by atoms with Crippen LogP contribution in [0.5, 0.6) is 5.75 Å². The zero-order chi connectivity index (χ0) is 33.7. The number of amides is 3. The summed E-state index contributed by atoms with van der Waals surface area (Å²) < 4.78 is 10.6. The molecule has 0 saturated carbocycles. The maximum atomic E-state index is 13.7. The monoisotopic (exact) mass is 638 g/mol. The molecule has 11 nitrogen and oxygen atoms in total. The first-order valence-electron chi connectivity index (χ1n) is 16.3. The predicted octanol–water partition coefficient (Wildman–Crippen LogP) is 4.67. The maximum Gasteiger partial charge on any atom is 0.359 e. The van der Waals surface area contributed by atoms with Crippen molar-refractivity contribution in [1.82, 2.24) is 15.6 Å². The van der Waals surface area contributed by atoms with Crippen LogP contribution in [0.4, 0.5) is 0 Å². The summed E-state index contributed by atoms with van der Waals surface area (Å²) in [7, 11) is 0. The molecule has 0 radical (unpaired) electrons. The van der Waals surface area contributed by atoms with Crippen molar-refractivity contribution >= 4 is 29.5 Å². The smallest absolute Gasteiger partial charge is 0.359 e. The summed E-state index contributed by atoms with van der Waals surface area (Å²) in [6.45, 7) is 6.15. The van der Waals surface area contributed by atoms with Gasteiger partial charge >= 0.3 is 5.97 Å². The van der Waals surface area contributed by atoms with Crippen molar-refractivity contribution < 1.29 is 33.4 Å². The van der Waals surface area contributed by atoms with Crippen LogP contribution >= 0.6 is 0 Å². The fourth-order valence-electron chi connectivity index (χ4n) is 4.85. The molecule has 11 heteroatoms. The van der Waals surface area contributed by atoms with Gasteiger partial charge in [0.2, 0.25) is 24.5 Å². The number of nitrogens with one attached hydrogen (secondary N) is 2. The van der Waals surface area contributed by atoms with E-state index >= 15 is 0 Å². The van der Waals surface area contributed by atoms with Crippen LogP contribution in [0.15, 0.2) is 48.7 Å². The van der Waals surface area contributed by atoms with Gasteiger partial charge < -0.3 is 25.8 Å². The number of benzene rings is 1.